The lowest BCUT2D eigenvalue weighted by Crippen LogP contribution is -2.09. The summed E-state index contributed by atoms with van der Waals surface area (Å²) in [5, 5.41) is 9.07. The van der Waals surface area contributed by atoms with Gasteiger partial charge in [-0.2, -0.15) is 5.26 Å². The van der Waals surface area contributed by atoms with E-state index in [4.69, 9.17) is 10.00 Å². The van der Waals surface area contributed by atoms with Crippen molar-refractivity contribution in [1.82, 2.24) is 4.98 Å². The van der Waals surface area contributed by atoms with Crippen molar-refractivity contribution in [3.8, 4) is 23.1 Å². The van der Waals surface area contributed by atoms with Crippen LogP contribution in [0.1, 0.15) is 15.9 Å². The molecule has 1 heterocycles. The molecule has 23 heavy (non-hydrogen) atoms. The van der Waals surface area contributed by atoms with Gasteiger partial charge in [0.15, 0.2) is 0 Å². The molecular weight excluding hydrogens is 288 g/mol. The molecular formula is C19H12N2O2. The third kappa shape index (κ3) is 3.25. The van der Waals surface area contributed by atoms with Crippen LogP contribution in [0.5, 0.6) is 5.75 Å². The Hall–Kier alpha value is -3.45. The first-order valence-electron chi connectivity index (χ1n) is 7.01. The number of nitrogens with zero attached hydrogens (tertiary/aromatic N) is 2. The normalized spacial score (nSPS) is 9.87. The van der Waals surface area contributed by atoms with E-state index in [0.717, 1.165) is 0 Å². The summed E-state index contributed by atoms with van der Waals surface area (Å²) in [7, 11) is 0. The highest BCUT2D eigenvalue weighted by atomic mass is 16.5. The lowest BCUT2D eigenvalue weighted by atomic mass is 10.1. The van der Waals surface area contributed by atoms with Crippen molar-refractivity contribution in [2.75, 3.05) is 0 Å². The fourth-order valence-corrected chi connectivity index (χ4v) is 2.14. The number of esters is 1. The van der Waals surface area contributed by atoms with Crippen molar-refractivity contribution in [3.05, 3.63) is 84.1 Å². The quantitative estimate of drug-likeness (QED) is 0.544. The van der Waals surface area contributed by atoms with Crippen LogP contribution < -0.4 is 4.74 Å². The van der Waals surface area contributed by atoms with E-state index < -0.39 is 5.97 Å². The Morgan fingerprint density at radius 2 is 1.78 bits per heavy atom. The number of pyridine rings is 1. The SMILES string of the molecule is N#Cc1ccc(-c2ccccn2)c(OC(=O)c2ccccc2)c1. The fourth-order valence-electron chi connectivity index (χ4n) is 2.14. The van der Waals surface area contributed by atoms with Gasteiger partial charge in [0.25, 0.3) is 0 Å². The topological polar surface area (TPSA) is 63.0 Å². The van der Waals surface area contributed by atoms with Crippen LogP contribution in [0.3, 0.4) is 0 Å². The van der Waals surface area contributed by atoms with Gasteiger partial charge in [0, 0.05) is 11.8 Å². The monoisotopic (exact) mass is 300 g/mol. The number of ether oxygens (including phenoxy) is 1. The Bertz CT molecular complexity index is 869. The van der Waals surface area contributed by atoms with Crippen molar-refractivity contribution in [1.29, 1.82) is 5.26 Å². The molecule has 0 amide bonds. The number of carbonyl (C=O) groups is 1. The molecule has 0 N–H and O–H groups in total. The minimum absolute atomic E-state index is 0.316. The molecule has 1 aromatic heterocycles. The highest BCUT2D eigenvalue weighted by Crippen LogP contribution is 2.30. The molecule has 0 fully saturated rings. The van der Waals surface area contributed by atoms with Crippen molar-refractivity contribution in [2.45, 2.75) is 0 Å². The Morgan fingerprint density at radius 1 is 1.00 bits per heavy atom. The molecule has 4 heteroatoms. The van der Waals surface area contributed by atoms with E-state index in [-0.39, 0.29) is 0 Å². The van der Waals surface area contributed by atoms with E-state index in [1.165, 1.54) is 0 Å². The van der Waals surface area contributed by atoms with Gasteiger partial charge in [-0.3, -0.25) is 4.98 Å². The second-order valence-corrected chi connectivity index (χ2v) is 4.79. The van der Waals surface area contributed by atoms with Gasteiger partial charge in [-0.15, -0.1) is 0 Å². The number of rotatable bonds is 3. The molecule has 0 aliphatic heterocycles. The third-order valence-corrected chi connectivity index (χ3v) is 3.26. The molecule has 3 aromatic rings. The maximum Gasteiger partial charge on any atom is 0.343 e. The van der Waals surface area contributed by atoms with Gasteiger partial charge in [0.05, 0.1) is 22.9 Å². The van der Waals surface area contributed by atoms with Crippen LogP contribution in [-0.4, -0.2) is 11.0 Å². The average Bonchev–Trinajstić information content (AvgIpc) is 2.63. The van der Waals surface area contributed by atoms with Crippen molar-refractivity contribution in [2.24, 2.45) is 0 Å². The first kappa shape index (κ1) is 14.5. The lowest BCUT2D eigenvalue weighted by molar-refractivity contribution is 0.0735. The molecule has 0 spiro atoms. The molecule has 4 nitrogen and oxygen atoms in total. The van der Waals surface area contributed by atoms with E-state index in [1.54, 1.807) is 48.7 Å². The number of hydrogen-bond acceptors (Lipinski definition) is 4. The van der Waals surface area contributed by atoms with Gasteiger partial charge in [-0.25, -0.2) is 4.79 Å². The molecule has 0 unspecified atom stereocenters. The zero-order valence-corrected chi connectivity index (χ0v) is 12.1. The zero-order valence-electron chi connectivity index (χ0n) is 12.1. The van der Waals surface area contributed by atoms with Crippen LogP contribution >= 0.6 is 0 Å². The fraction of sp³-hybridized carbons (Fsp3) is 0. The molecule has 0 aliphatic rings. The molecule has 110 valence electrons. The molecule has 0 saturated heterocycles. The summed E-state index contributed by atoms with van der Waals surface area (Å²) in [6, 6.07) is 21.2. The first-order chi connectivity index (χ1) is 11.3. The van der Waals surface area contributed by atoms with Crippen LogP contribution in [0.15, 0.2) is 72.9 Å². The van der Waals surface area contributed by atoms with Gasteiger partial charge < -0.3 is 4.74 Å². The van der Waals surface area contributed by atoms with Crippen molar-refractivity contribution in [3.63, 3.8) is 0 Å². The van der Waals surface area contributed by atoms with Crippen LogP contribution in [0.25, 0.3) is 11.3 Å². The van der Waals surface area contributed by atoms with E-state index in [9.17, 15) is 4.79 Å². The Kier molecular flexibility index (Phi) is 4.12. The second-order valence-electron chi connectivity index (χ2n) is 4.79. The Balaban J connectivity index is 2.00. The number of aromatic nitrogens is 1. The molecule has 0 aliphatic carbocycles. The number of carbonyl (C=O) groups excluding carboxylic acids is 1. The lowest BCUT2D eigenvalue weighted by Gasteiger charge is -2.10. The summed E-state index contributed by atoms with van der Waals surface area (Å²) in [5.74, 6) is -0.158. The predicted octanol–water partition coefficient (Wildman–Crippen LogP) is 3.84. The summed E-state index contributed by atoms with van der Waals surface area (Å²) < 4.78 is 5.50. The summed E-state index contributed by atoms with van der Waals surface area (Å²) in [6.45, 7) is 0. The number of hydrogen-bond donors (Lipinski definition) is 0. The first-order valence-corrected chi connectivity index (χ1v) is 7.01. The highest BCUT2D eigenvalue weighted by molar-refractivity contribution is 5.92. The second kappa shape index (κ2) is 6.54. The largest absolute Gasteiger partial charge is 0.422 e. The average molecular weight is 300 g/mol. The molecule has 0 radical (unpaired) electrons. The minimum Gasteiger partial charge on any atom is -0.422 e. The minimum atomic E-state index is -0.474. The van der Waals surface area contributed by atoms with Gasteiger partial charge in [-0.05, 0) is 42.5 Å². The summed E-state index contributed by atoms with van der Waals surface area (Å²) in [4.78, 5) is 16.5. The Morgan fingerprint density at radius 3 is 2.48 bits per heavy atom. The number of nitriles is 1. The van der Waals surface area contributed by atoms with Gasteiger partial charge >= 0.3 is 5.97 Å². The number of benzene rings is 2. The highest BCUT2D eigenvalue weighted by Gasteiger charge is 2.14. The molecule has 3 rings (SSSR count). The van der Waals surface area contributed by atoms with Gasteiger partial charge in [0.1, 0.15) is 5.75 Å². The Labute approximate surface area is 133 Å². The summed E-state index contributed by atoms with van der Waals surface area (Å²) in [6.07, 6.45) is 1.66. The van der Waals surface area contributed by atoms with Crippen LogP contribution in [0, 0.1) is 11.3 Å². The van der Waals surface area contributed by atoms with Crippen LogP contribution in [0.2, 0.25) is 0 Å². The van der Waals surface area contributed by atoms with E-state index in [1.807, 2.05) is 30.3 Å². The molecule has 0 atom stereocenters. The van der Waals surface area contributed by atoms with E-state index >= 15 is 0 Å². The summed E-state index contributed by atoms with van der Waals surface area (Å²) >= 11 is 0. The van der Waals surface area contributed by atoms with Gasteiger partial charge in [0.2, 0.25) is 0 Å². The summed E-state index contributed by atoms with van der Waals surface area (Å²) in [5.41, 5.74) is 2.20. The van der Waals surface area contributed by atoms with Crippen LogP contribution in [-0.2, 0) is 0 Å². The molecule has 0 bridgehead atoms. The van der Waals surface area contributed by atoms with Crippen molar-refractivity contribution >= 4 is 5.97 Å². The van der Waals surface area contributed by atoms with Crippen molar-refractivity contribution < 1.29 is 9.53 Å². The smallest absolute Gasteiger partial charge is 0.343 e. The van der Waals surface area contributed by atoms with Crippen LogP contribution in [0.4, 0.5) is 0 Å². The predicted molar refractivity (Wildman–Crippen MR) is 85.8 cm³/mol. The standard InChI is InChI=1S/C19H12N2O2/c20-13-14-9-10-16(17-8-4-5-11-21-17)18(12-14)23-19(22)15-6-2-1-3-7-15/h1-12H. The molecule has 2 aromatic carbocycles. The van der Waals surface area contributed by atoms with E-state index in [2.05, 4.69) is 4.98 Å². The maximum absolute atomic E-state index is 12.3. The van der Waals surface area contributed by atoms with E-state index in [0.29, 0.717) is 28.1 Å². The van der Waals surface area contributed by atoms with Gasteiger partial charge in [-0.1, -0.05) is 24.3 Å². The maximum atomic E-state index is 12.3. The third-order valence-electron chi connectivity index (χ3n) is 3.26. The molecule has 0 saturated carbocycles. The zero-order chi connectivity index (χ0) is 16.1.